The van der Waals surface area contributed by atoms with Crippen LogP contribution in [0.4, 0.5) is 0 Å². The second kappa shape index (κ2) is 13.5. The third-order valence-electron chi connectivity index (χ3n) is 10.4. The van der Waals surface area contributed by atoms with Crippen molar-refractivity contribution >= 4 is 63.0 Å². The monoisotopic (exact) mass is 750 g/mol. The van der Waals surface area contributed by atoms with Gasteiger partial charge in [-0.2, -0.15) is 0 Å². The van der Waals surface area contributed by atoms with Crippen LogP contribution in [0.3, 0.4) is 0 Å². The Morgan fingerprint density at radius 2 is 0.786 bits per heavy atom. The van der Waals surface area contributed by atoms with Crippen LogP contribution in [0.2, 0.25) is 0 Å². The van der Waals surface area contributed by atoms with Crippen molar-refractivity contribution in [3.63, 3.8) is 0 Å². The Balaban J connectivity index is 1.17. The molecule has 6 heteroatoms. The molecule has 0 saturated heterocycles. The minimum absolute atomic E-state index is 0.616. The van der Waals surface area contributed by atoms with E-state index in [1.165, 1.54) is 51.5 Å². The Hall–Kier alpha value is -6.86. The Bertz CT molecular complexity index is 3130. The first-order valence-electron chi connectivity index (χ1n) is 18.5. The van der Waals surface area contributed by atoms with Gasteiger partial charge in [0.25, 0.3) is 0 Å². The van der Waals surface area contributed by atoms with Gasteiger partial charge in [-0.05, 0) is 70.3 Å². The maximum atomic E-state index is 5.27. The van der Waals surface area contributed by atoms with Gasteiger partial charge < -0.3 is 0 Å². The highest BCUT2D eigenvalue weighted by Gasteiger charge is 2.19. The van der Waals surface area contributed by atoms with Gasteiger partial charge >= 0.3 is 0 Å². The van der Waals surface area contributed by atoms with Crippen LogP contribution in [0.15, 0.2) is 182 Å². The second-order valence-electron chi connectivity index (χ2n) is 13.9. The highest BCUT2D eigenvalue weighted by Crippen LogP contribution is 2.44. The fourth-order valence-electron chi connectivity index (χ4n) is 7.74. The summed E-state index contributed by atoms with van der Waals surface area (Å²) in [4.78, 5) is 19.9. The van der Waals surface area contributed by atoms with Crippen LogP contribution in [-0.4, -0.2) is 19.9 Å². The maximum Gasteiger partial charge on any atom is 0.164 e. The molecule has 0 aliphatic rings. The predicted molar refractivity (Wildman–Crippen MR) is 236 cm³/mol. The molecule has 11 rings (SSSR count). The van der Waals surface area contributed by atoms with E-state index in [0.717, 1.165) is 38.9 Å². The first-order valence-corrected chi connectivity index (χ1v) is 20.2. The van der Waals surface area contributed by atoms with Gasteiger partial charge in [0.15, 0.2) is 17.5 Å². The predicted octanol–water partition coefficient (Wildman–Crippen LogP) is 14.0. The summed E-state index contributed by atoms with van der Waals surface area (Å²) in [7, 11) is 0. The van der Waals surface area contributed by atoms with Crippen LogP contribution in [-0.2, 0) is 0 Å². The number of fused-ring (bicyclic) bond motifs is 6. The molecule has 0 aliphatic carbocycles. The molecule has 0 unspecified atom stereocenters. The van der Waals surface area contributed by atoms with E-state index >= 15 is 0 Å². The molecule has 0 radical (unpaired) electrons. The molecule has 0 aliphatic heterocycles. The molecule has 4 heterocycles. The van der Waals surface area contributed by atoms with Gasteiger partial charge in [-0.3, -0.25) is 4.98 Å². The van der Waals surface area contributed by atoms with E-state index < -0.39 is 0 Å². The molecule has 4 aromatic heterocycles. The van der Waals surface area contributed by atoms with Gasteiger partial charge in [0.2, 0.25) is 0 Å². The maximum absolute atomic E-state index is 5.27. The highest BCUT2D eigenvalue weighted by molar-refractivity contribution is 7.26. The third kappa shape index (κ3) is 5.66. The van der Waals surface area contributed by atoms with Crippen molar-refractivity contribution in [2.45, 2.75) is 0 Å². The van der Waals surface area contributed by atoms with E-state index in [1.807, 2.05) is 53.1 Å². The van der Waals surface area contributed by atoms with Gasteiger partial charge in [0, 0.05) is 75.0 Å². The number of pyridine rings is 1. The Labute approximate surface area is 331 Å². The van der Waals surface area contributed by atoms with E-state index in [4.69, 9.17) is 15.0 Å². The number of hydrogen-bond donors (Lipinski definition) is 0. The standard InChI is InChI=1S/C50H30N4S2/c1-2-12-31(13-3-1)48-52-49(33-15-8-14-32(26-33)34-16-11-25-51-30-34)54-50(53-48)37-28-35(38-19-9-21-42-40-17-4-6-23-44(40)55-46(38)42)27-36(29-37)39-20-10-22-43-41-18-5-7-24-45(41)56-47(39)43/h1-30H. The van der Waals surface area contributed by atoms with E-state index in [2.05, 4.69) is 151 Å². The number of rotatable bonds is 6. The summed E-state index contributed by atoms with van der Waals surface area (Å²) >= 11 is 3.69. The van der Waals surface area contributed by atoms with Crippen LogP contribution in [0.25, 0.3) is 108 Å². The van der Waals surface area contributed by atoms with Crippen molar-refractivity contribution < 1.29 is 0 Å². The zero-order valence-electron chi connectivity index (χ0n) is 29.9. The van der Waals surface area contributed by atoms with Crippen LogP contribution in [0.5, 0.6) is 0 Å². The zero-order chi connectivity index (χ0) is 37.0. The highest BCUT2D eigenvalue weighted by atomic mass is 32.1. The van der Waals surface area contributed by atoms with E-state index in [0.29, 0.717) is 17.5 Å². The SMILES string of the molecule is c1ccc(-c2nc(-c3cccc(-c4cccnc4)c3)nc(-c3cc(-c4cccc5c4sc4ccccc45)cc(-c4cccc5c4sc4ccccc45)c3)n2)cc1. The number of hydrogen-bond acceptors (Lipinski definition) is 6. The van der Waals surface area contributed by atoms with Crippen LogP contribution >= 0.6 is 22.7 Å². The molecule has 7 aromatic carbocycles. The molecular formula is C50H30N4S2. The van der Waals surface area contributed by atoms with Gasteiger partial charge in [-0.15, -0.1) is 22.7 Å². The van der Waals surface area contributed by atoms with Crippen molar-refractivity contribution in [3.05, 3.63) is 182 Å². The average Bonchev–Trinajstić information content (AvgIpc) is 3.86. The van der Waals surface area contributed by atoms with Crippen molar-refractivity contribution in [2.75, 3.05) is 0 Å². The van der Waals surface area contributed by atoms with Gasteiger partial charge in [0.05, 0.1) is 0 Å². The minimum atomic E-state index is 0.616. The van der Waals surface area contributed by atoms with Crippen molar-refractivity contribution in [3.8, 4) is 67.5 Å². The fraction of sp³-hybridized carbons (Fsp3) is 0. The molecule has 0 atom stereocenters. The molecule has 0 fully saturated rings. The largest absolute Gasteiger partial charge is 0.264 e. The van der Waals surface area contributed by atoms with Gasteiger partial charge in [0.1, 0.15) is 0 Å². The topological polar surface area (TPSA) is 51.6 Å². The van der Waals surface area contributed by atoms with Crippen LogP contribution < -0.4 is 0 Å². The third-order valence-corrected chi connectivity index (χ3v) is 12.8. The number of nitrogens with zero attached hydrogens (tertiary/aromatic N) is 4. The normalized spacial score (nSPS) is 11.6. The molecule has 0 bridgehead atoms. The Kier molecular flexibility index (Phi) is 7.83. The summed E-state index contributed by atoms with van der Waals surface area (Å²) in [5.74, 6) is 1.86. The van der Waals surface area contributed by atoms with E-state index in [9.17, 15) is 0 Å². The fourth-order valence-corrected chi connectivity index (χ4v) is 10.2. The lowest BCUT2D eigenvalue weighted by Gasteiger charge is -2.14. The summed E-state index contributed by atoms with van der Waals surface area (Å²) in [6, 6.07) is 60.1. The number of benzene rings is 7. The summed E-state index contributed by atoms with van der Waals surface area (Å²) in [6.07, 6.45) is 3.68. The average molecular weight is 751 g/mol. The summed E-state index contributed by atoms with van der Waals surface area (Å²) in [5.41, 5.74) is 9.48. The lowest BCUT2D eigenvalue weighted by atomic mass is 9.94. The van der Waals surface area contributed by atoms with E-state index in [1.54, 1.807) is 6.20 Å². The molecular weight excluding hydrogens is 721 g/mol. The molecule has 262 valence electrons. The molecule has 0 amide bonds. The molecule has 0 N–H and O–H groups in total. The summed E-state index contributed by atoms with van der Waals surface area (Å²) < 4.78 is 5.10. The molecule has 4 nitrogen and oxygen atoms in total. The Morgan fingerprint density at radius 1 is 0.321 bits per heavy atom. The minimum Gasteiger partial charge on any atom is -0.264 e. The first kappa shape index (κ1) is 32.6. The van der Waals surface area contributed by atoms with Crippen molar-refractivity contribution in [2.24, 2.45) is 0 Å². The van der Waals surface area contributed by atoms with Gasteiger partial charge in [-0.1, -0.05) is 127 Å². The molecule has 0 saturated carbocycles. The summed E-state index contributed by atoms with van der Waals surface area (Å²) in [6.45, 7) is 0. The van der Waals surface area contributed by atoms with Crippen LogP contribution in [0, 0.1) is 0 Å². The second-order valence-corrected chi connectivity index (χ2v) is 16.0. The van der Waals surface area contributed by atoms with E-state index in [-0.39, 0.29) is 0 Å². The van der Waals surface area contributed by atoms with Crippen molar-refractivity contribution in [1.82, 2.24) is 19.9 Å². The number of thiophene rings is 2. The van der Waals surface area contributed by atoms with Gasteiger partial charge in [-0.25, -0.2) is 15.0 Å². The number of aromatic nitrogens is 4. The lowest BCUT2D eigenvalue weighted by Crippen LogP contribution is -2.00. The quantitative estimate of drug-likeness (QED) is 0.170. The smallest absolute Gasteiger partial charge is 0.164 e. The molecule has 11 aromatic rings. The summed E-state index contributed by atoms with van der Waals surface area (Å²) in [5, 5.41) is 5.10. The van der Waals surface area contributed by atoms with Crippen molar-refractivity contribution in [1.29, 1.82) is 0 Å². The first-order chi connectivity index (χ1) is 27.7. The molecule has 56 heavy (non-hydrogen) atoms. The zero-order valence-corrected chi connectivity index (χ0v) is 31.6. The Morgan fingerprint density at radius 3 is 1.41 bits per heavy atom. The lowest BCUT2D eigenvalue weighted by molar-refractivity contribution is 1.07. The van der Waals surface area contributed by atoms with Crippen LogP contribution in [0.1, 0.15) is 0 Å². The molecule has 0 spiro atoms.